The molecule has 0 saturated carbocycles. The number of nitrogens with zero attached hydrogens (tertiary/aromatic N) is 3. The van der Waals surface area contributed by atoms with E-state index in [-0.39, 0.29) is 5.69 Å². The first-order valence-electron chi connectivity index (χ1n) is 6.21. The van der Waals surface area contributed by atoms with Gasteiger partial charge in [0.05, 0.1) is 24.6 Å². The normalized spacial score (nSPS) is 15.9. The van der Waals surface area contributed by atoms with Crippen LogP contribution in [0.15, 0.2) is 18.3 Å². The number of pyridine rings is 1. The fourth-order valence-corrected chi connectivity index (χ4v) is 2.42. The molecule has 0 spiro atoms. The van der Waals surface area contributed by atoms with Crippen LogP contribution in [0.3, 0.4) is 0 Å². The number of aromatic nitrogens is 2. The minimum absolute atomic E-state index is 0.227. The van der Waals surface area contributed by atoms with Crippen molar-refractivity contribution in [1.82, 2.24) is 9.38 Å². The van der Waals surface area contributed by atoms with Crippen molar-refractivity contribution in [2.24, 2.45) is 0 Å². The summed E-state index contributed by atoms with van der Waals surface area (Å²) in [5.41, 5.74) is 2.42. The van der Waals surface area contributed by atoms with Gasteiger partial charge in [-0.25, -0.2) is 9.78 Å². The van der Waals surface area contributed by atoms with Crippen LogP contribution in [0, 0.1) is 6.92 Å². The predicted octanol–water partition coefficient (Wildman–Crippen LogP) is 1.18. The Morgan fingerprint density at radius 2 is 2.11 bits per heavy atom. The molecule has 100 valence electrons. The molecule has 1 aliphatic rings. The Hall–Kier alpha value is -2.08. The van der Waals surface area contributed by atoms with E-state index in [1.165, 1.54) is 0 Å². The first kappa shape index (κ1) is 12.0. The second-order valence-corrected chi connectivity index (χ2v) is 4.57. The Balaban J connectivity index is 2.08. The molecule has 3 heterocycles. The monoisotopic (exact) mass is 261 g/mol. The maximum Gasteiger partial charge on any atom is 0.354 e. The van der Waals surface area contributed by atoms with Crippen molar-refractivity contribution in [3.63, 3.8) is 0 Å². The van der Waals surface area contributed by atoms with Crippen LogP contribution in [0.1, 0.15) is 16.2 Å². The molecule has 0 atom stereocenters. The number of hydrogen-bond donors (Lipinski definition) is 1. The summed E-state index contributed by atoms with van der Waals surface area (Å²) in [6.45, 7) is 4.76. The lowest BCUT2D eigenvalue weighted by atomic mass is 10.3. The third-order valence-corrected chi connectivity index (χ3v) is 3.36. The van der Waals surface area contributed by atoms with Gasteiger partial charge in [0.15, 0.2) is 5.69 Å². The molecule has 3 rings (SSSR count). The average Bonchev–Trinajstić information content (AvgIpc) is 2.74. The SMILES string of the molecule is Cc1nc2ccc(N3CCOCC3)cn2c1C(=O)O. The molecule has 0 amide bonds. The fourth-order valence-electron chi connectivity index (χ4n) is 2.42. The number of imidazole rings is 1. The molecule has 6 nitrogen and oxygen atoms in total. The molecule has 6 heteroatoms. The number of morpholine rings is 1. The highest BCUT2D eigenvalue weighted by Crippen LogP contribution is 2.20. The van der Waals surface area contributed by atoms with Gasteiger partial charge in [-0.2, -0.15) is 0 Å². The molecule has 0 bridgehead atoms. The largest absolute Gasteiger partial charge is 0.477 e. The number of carbonyl (C=O) groups is 1. The van der Waals surface area contributed by atoms with Gasteiger partial charge in [0.1, 0.15) is 5.65 Å². The van der Waals surface area contributed by atoms with E-state index in [9.17, 15) is 9.90 Å². The zero-order chi connectivity index (χ0) is 13.4. The van der Waals surface area contributed by atoms with Crippen molar-refractivity contribution in [2.45, 2.75) is 6.92 Å². The molecule has 1 fully saturated rings. The van der Waals surface area contributed by atoms with E-state index in [0.717, 1.165) is 18.8 Å². The minimum atomic E-state index is -0.955. The zero-order valence-corrected chi connectivity index (χ0v) is 10.7. The maximum atomic E-state index is 11.3. The number of carboxylic acids is 1. The Morgan fingerprint density at radius 3 is 2.79 bits per heavy atom. The Bertz CT molecular complexity index is 629. The number of aromatic carboxylic acids is 1. The number of hydrogen-bond acceptors (Lipinski definition) is 4. The third kappa shape index (κ3) is 2.04. The lowest BCUT2D eigenvalue weighted by Crippen LogP contribution is -2.36. The van der Waals surface area contributed by atoms with E-state index in [2.05, 4.69) is 9.88 Å². The third-order valence-electron chi connectivity index (χ3n) is 3.36. The molecule has 0 unspecified atom stereocenters. The minimum Gasteiger partial charge on any atom is -0.477 e. The molecule has 19 heavy (non-hydrogen) atoms. The van der Waals surface area contributed by atoms with Crippen molar-refractivity contribution in [1.29, 1.82) is 0 Å². The molecule has 0 aromatic carbocycles. The zero-order valence-electron chi connectivity index (χ0n) is 10.7. The topological polar surface area (TPSA) is 67.1 Å². The van der Waals surface area contributed by atoms with Crippen LogP contribution in [-0.4, -0.2) is 46.8 Å². The van der Waals surface area contributed by atoms with Crippen molar-refractivity contribution in [3.05, 3.63) is 29.7 Å². The molecule has 1 N–H and O–H groups in total. The van der Waals surface area contributed by atoms with Crippen molar-refractivity contribution in [2.75, 3.05) is 31.2 Å². The van der Waals surface area contributed by atoms with Gasteiger partial charge in [-0.3, -0.25) is 4.40 Å². The van der Waals surface area contributed by atoms with Gasteiger partial charge in [-0.15, -0.1) is 0 Å². The van der Waals surface area contributed by atoms with Crippen LogP contribution < -0.4 is 4.90 Å². The molecule has 0 radical (unpaired) electrons. The second kappa shape index (κ2) is 4.55. The summed E-state index contributed by atoms with van der Waals surface area (Å²) in [6.07, 6.45) is 1.84. The lowest BCUT2D eigenvalue weighted by molar-refractivity contribution is 0.0688. The van der Waals surface area contributed by atoms with E-state index in [0.29, 0.717) is 24.6 Å². The summed E-state index contributed by atoms with van der Waals surface area (Å²) in [4.78, 5) is 17.7. The first-order valence-corrected chi connectivity index (χ1v) is 6.21. The van der Waals surface area contributed by atoms with Crippen LogP contribution in [0.4, 0.5) is 5.69 Å². The van der Waals surface area contributed by atoms with Gasteiger partial charge in [0.2, 0.25) is 0 Å². The van der Waals surface area contributed by atoms with Gasteiger partial charge in [0, 0.05) is 19.3 Å². The van der Waals surface area contributed by atoms with Crippen LogP contribution in [0.5, 0.6) is 0 Å². The maximum absolute atomic E-state index is 11.3. The van der Waals surface area contributed by atoms with Crippen LogP contribution >= 0.6 is 0 Å². The van der Waals surface area contributed by atoms with Crippen LogP contribution in [0.2, 0.25) is 0 Å². The van der Waals surface area contributed by atoms with E-state index >= 15 is 0 Å². The summed E-state index contributed by atoms with van der Waals surface area (Å²) in [7, 11) is 0. The second-order valence-electron chi connectivity index (χ2n) is 4.57. The number of fused-ring (bicyclic) bond motifs is 1. The smallest absolute Gasteiger partial charge is 0.354 e. The summed E-state index contributed by atoms with van der Waals surface area (Å²) in [6, 6.07) is 3.82. The quantitative estimate of drug-likeness (QED) is 0.879. The highest BCUT2D eigenvalue weighted by atomic mass is 16.5. The number of carboxylic acid groups (broad SMARTS) is 1. The van der Waals surface area contributed by atoms with E-state index in [1.807, 2.05) is 18.3 Å². The Kier molecular flexibility index (Phi) is 2.87. The molecular weight excluding hydrogens is 246 g/mol. The van der Waals surface area contributed by atoms with Gasteiger partial charge < -0.3 is 14.7 Å². The fraction of sp³-hybridized carbons (Fsp3) is 0.385. The van der Waals surface area contributed by atoms with E-state index < -0.39 is 5.97 Å². The number of aryl methyl sites for hydroxylation is 1. The highest BCUT2D eigenvalue weighted by Gasteiger charge is 2.17. The molecule has 1 aliphatic heterocycles. The Labute approximate surface area is 110 Å². The molecule has 2 aromatic heterocycles. The van der Waals surface area contributed by atoms with Gasteiger partial charge in [-0.05, 0) is 19.1 Å². The number of anilines is 1. The molecular formula is C13H15N3O3. The molecule has 2 aromatic rings. The first-order chi connectivity index (χ1) is 9.16. The summed E-state index contributed by atoms with van der Waals surface area (Å²) >= 11 is 0. The van der Waals surface area contributed by atoms with Gasteiger partial charge >= 0.3 is 5.97 Å². The molecule has 1 saturated heterocycles. The Morgan fingerprint density at radius 1 is 1.37 bits per heavy atom. The summed E-state index contributed by atoms with van der Waals surface area (Å²) in [5.74, 6) is -0.955. The highest BCUT2D eigenvalue weighted by molar-refractivity contribution is 5.88. The van der Waals surface area contributed by atoms with E-state index in [1.54, 1.807) is 11.3 Å². The standard InChI is InChI=1S/C13H15N3O3/c1-9-12(13(17)18)16-8-10(2-3-11(16)14-9)15-4-6-19-7-5-15/h2-3,8H,4-7H2,1H3,(H,17,18). The van der Waals surface area contributed by atoms with Crippen LogP contribution in [0.25, 0.3) is 5.65 Å². The van der Waals surface area contributed by atoms with E-state index in [4.69, 9.17) is 4.74 Å². The average molecular weight is 261 g/mol. The van der Waals surface area contributed by atoms with Crippen molar-refractivity contribution in [3.8, 4) is 0 Å². The van der Waals surface area contributed by atoms with Crippen molar-refractivity contribution >= 4 is 17.3 Å². The number of ether oxygens (including phenoxy) is 1. The van der Waals surface area contributed by atoms with Gasteiger partial charge in [0.25, 0.3) is 0 Å². The summed E-state index contributed by atoms with van der Waals surface area (Å²) < 4.78 is 6.96. The number of rotatable bonds is 2. The van der Waals surface area contributed by atoms with Crippen LogP contribution in [-0.2, 0) is 4.74 Å². The summed E-state index contributed by atoms with van der Waals surface area (Å²) in [5, 5.41) is 9.26. The van der Waals surface area contributed by atoms with Crippen molar-refractivity contribution < 1.29 is 14.6 Å². The molecule has 0 aliphatic carbocycles. The van der Waals surface area contributed by atoms with Gasteiger partial charge in [-0.1, -0.05) is 0 Å². The lowest BCUT2D eigenvalue weighted by Gasteiger charge is -2.28. The predicted molar refractivity (Wildman–Crippen MR) is 69.9 cm³/mol.